The van der Waals surface area contributed by atoms with Crippen LogP contribution in [0.3, 0.4) is 0 Å². The first-order chi connectivity index (χ1) is 16.3. The van der Waals surface area contributed by atoms with E-state index in [1.54, 1.807) is 19.2 Å². The summed E-state index contributed by atoms with van der Waals surface area (Å²) in [5, 5.41) is 10.6. The Morgan fingerprint density at radius 3 is 2.24 bits per heavy atom. The molecule has 0 radical (unpaired) electrons. The fraction of sp³-hybridized carbons (Fsp3) is 0.222. The van der Waals surface area contributed by atoms with Crippen molar-refractivity contribution in [3.63, 3.8) is 0 Å². The Morgan fingerprint density at radius 1 is 1.00 bits per heavy atom. The lowest BCUT2D eigenvalue weighted by Gasteiger charge is -2.12. The number of fused-ring (bicyclic) bond motifs is 1. The standard InChI is InChI=1S/C27H25Cl2NO4/c1-15(2)25-20-14-19(34-27-21(28)12-16(13-22(27)29)4-11-24(31)32)9-10-23(20)30-26(25)17-5-7-18(33-3)8-6-17/h5-10,12-15,30H,4,11H2,1-3H3,(H,31,32). The molecule has 0 saturated heterocycles. The smallest absolute Gasteiger partial charge is 0.303 e. The first-order valence-electron chi connectivity index (χ1n) is 10.9. The zero-order valence-electron chi connectivity index (χ0n) is 19.1. The van der Waals surface area contributed by atoms with Gasteiger partial charge in [0.25, 0.3) is 0 Å². The number of aromatic nitrogens is 1. The van der Waals surface area contributed by atoms with Crippen LogP contribution in [-0.4, -0.2) is 23.2 Å². The molecule has 176 valence electrons. The summed E-state index contributed by atoms with van der Waals surface area (Å²) < 4.78 is 11.4. The maximum absolute atomic E-state index is 10.9. The summed E-state index contributed by atoms with van der Waals surface area (Å²) in [5.74, 6) is 1.16. The van der Waals surface area contributed by atoms with Gasteiger partial charge in [-0.05, 0) is 83.6 Å². The molecule has 1 heterocycles. The fourth-order valence-corrected chi connectivity index (χ4v) is 4.67. The molecule has 0 saturated carbocycles. The number of carbonyl (C=O) groups is 1. The Balaban J connectivity index is 1.70. The molecular weight excluding hydrogens is 473 g/mol. The van der Waals surface area contributed by atoms with Crippen molar-refractivity contribution in [2.24, 2.45) is 0 Å². The molecule has 0 unspecified atom stereocenters. The average molecular weight is 498 g/mol. The molecular formula is C27H25Cl2NO4. The van der Waals surface area contributed by atoms with E-state index >= 15 is 0 Å². The van der Waals surface area contributed by atoms with E-state index in [4.69, 9.17) is 37.8 Å². The average Bonchev–Trinajstić information content (AvgIpc) is 3.19. The predicted octanol–water partition coefficient (Wildman–Crippen LogP) is 8.08. The van der Waals surface area contributed by atoms with Crippen molar-refractivity contribution in [2.75, 3.05) is 7.11 Å². The van der Waals surface area contributed by atoms with E-state index in [0.29, 0.717) is 28.0 Å². The highest BCUT2D eigenvalue weighted by Gasteiger charge is 2.18. The van der Waals surface area contributed by atoms with Gasteiger partial charge in [-0.15, -0.1) is 0 Å². The number of carboxylic acid groups (broad SMARTS) is 1. The molecule has 7 heteroatoms. The van der Waals surface area contributed by atoms with Gasteiger partial charge in [-0.3, -0.25) is 4.79 Å². The van der Waals surface area contributed by atoms with Gasteiger partial charge in [0.05, 0.1) is 17.2 Å². The minimum Gasteiger partial charge on any atom is -0.497 e. The van der Waals surface area contributed by atoms with E-state index in [1.807, 2.05) is 42.5 Å². The molecule has 0 fully saturated rings. The second kappa shape index (κ2) is 10.00. The molecule has 34 heavy (non-hydrogen) atoms. The summed E-state index contributed by atoms with van der Waals surface area (Å²) in [6.07, 6.45) is 0.349. The number of methoxy groups -OCH3 is 1. The molecule has 0 aliphatic carbocycles. The van der Waals surface area contributed by atoms with Gasteiger partial charge in [0, 0.05) is 23.0 Å². The van der Waals surface area contributed by atoms with Crippen LogP contribution < -0.4 is 9.47 Å². The molecule has 0 spiro atoms. The Kier molecular flexibility index (Phi) is 7.05. The van der Waals surface area contributed by atoms with Gasteiger partial charge in [0.15, 0.2) is 5.75 Å². The predicted molar refractivity (Wildman–Crippen MR) is 137 cm³/mol. The van der Waals surface area contributed by atoms with Crippen LogP contribution in [-0.2, 0) is 11.2 Å². The van der Waals surface area contributed by atoms with Crippen molar-refractivity contribution in [3.05, 3.63) is 75.8 Å². The van der Waals surface area contributed by atoms with E-state index in [2.05, 4.69) is 18.8 Å². The monoisotopic (exact) mass is 497 g/mol. The largest absolute Gasteiger partial charge is 0.497 e. The molecule has 0 aliphatic rings. The minimum absolute atomic E-state index is 0.00548. The van der Waals surface area contributed by atoms with Crippen LogP contribution in [0.4, 0.5) is 0 Å². The highest BCUT2D eigenvalue weighted by atomic mass is 35.5. The number of aryl methyl sites for hydroxylation is 1. The first-order valence-corrected chi connectivity index (χ1v) is 11.7. The summed E-state index contributed by atoms with van der Waals surface area (Å²) in [6, 6.07) is 17.2. The normalized spacial score (nSPS) is 11.2. The van der Waals surface area contributed by atoms with Gasteiger partial charge in [0.2, 0.25) is 0 Å². The number of ether oxygens (including phenoxy) is 2. The van der Waals surface area contributed by atoms with Gasteiger partial charge in [-0.1, -0.05) is 37.0 Å². The van der Waals surface area contributed by atoms with Crippen molar-refractivity contribution in [1.82, 2.24) is 4.98 Å². The zero-order chi connectivity index (χ0) is 24.4. The van der Waals surface area contributed by atoms with E-state index < -0.39 is 5.97 Å². The molecule has 0 amide bonds. The lowest BCUT2D eigenvalue weighted by Crippen LogP contribution is -1.98. The van der Waals surface area contributed by atoms with Crippen molar-refractivity contribution in [3.8, 4) is 28.5 Å². The molecule has 0 bridgehead atoms. The van der Waals surface area contributed by atoms with Crippen molar-refractivity contribution in [2.45, 2.75) is 32.6 Å². The molecule has 4 aromatic rings. The second-order valence-electron chi connectivity index (χ2n) is 8.39. The maximum Gasteiger partial charge on any atom is 0.303 e. The summed E-state index contributed by atoms with van der Waals surface area (Å²) in [5.41, 5.74) is 5.07. The quantitative estimate of drug-likeness (QED) is 0.258. The van der Waals surface area contributed by atoms with Crippen molar-refractivity contribution in [1.29, 1.82) is 0 Å². The van der Waals surface area contributed by atoms with Crippen LogP contribution in [0.15, 0.2) is 54.6 Å². The van der Waals surface area contributed by atoms with Crippen LogP contribution in [0.1, 0.15) is 37.3 Å². The van der Waals surface area contributed by atoms with Crippen LogP contribution >= 0.6 is 23.2 Å². The van der Waals surface area contributed by atoms with Gasteiger partial charge < -0.3 is 19.6 Å². The van der Waals surface area contributed by atoms with Gasteiger partial charge >= 0.3 is 5.97 Å². The summed E-state index contributed by atoms with van der Waals surface area (Å²) in [4.78, 5) is 14.4. The van der Waals surface area contributed by atoms with Crippen molar-refractivity contribution < 1.29 is 19.4 Å². The highest BCUT2D eigenvalue weighted by molar-refractivity contribution is 6.37. The van der Waals surface area contributed by atoms with E-state index in [-0.39, 0.29) is 12.3 Å². The van der Waals surface area contributed by atoms with E-state index in [0.717, 1.165) is 33.5 Å². The fourth-order valence-electron chi connectivity index (χ4n) is 4.06. The zero-order valence-corrected chi connectivity index (χ0v) is 20.6. The Hall–Kier alpha value is -3.15. The molecule has 0 aliphatic heterocycles. The highest BCUT2D eigenvalue weighted by Crippen LogP contribution is 2.41. The van der Waals surface area contributed by atoms with Gasteiger partial charge in [-0.25, -0.2) is 0 Å². The third-order valence-electron chi connectivity index (χ3n) is 5.67. The number of rotatable bonds is 8. The summed E-state index contributed by atoms with van der Waals surface area (Å²) in [7, 11) is 1.65. The number of H-pyrrole nitrogens is 1. The van der Waals surface area contributed by atoms with Crippen LogP contribution in [0.25, 0.3) is 22.2 Å². The van der Waals surface area contributed by atoms with Gasteiger partial charge in [-0.2, -0.15) is 0 Å². The lowest BCUT2D eigenvalue weighted by molar-refractivity contribution is -0.136. The third-order valence-corrected chi connectivity index (χ3v) is 6.23. The SMILES string of the molecule is COc1ccc(-c2[nH]c3ccc(Oc4c(Cl)cc(CCC(=O)O)cc4Cl)cc3c2C(C)C)cc1. The molecule has 1 aromatic heterocycles. The summed E-state index contributed by atoms with van der Waals surface area (Å²) >= 11 is 12.9. The number of carboxylic acids is 1. The lowest BCUT2D eigenvalue weighted by atomic mass is 9.96. The van der Waals surface area contributed by atoms with Gasteiger partial charge in [0.1, 0.15) is 11.5 Å². The number of benzene rings is 3. The Morgan fingerprint density at radius 2 is 1.65 bits per heavy atom. The number of halogens is 2. The summed E-state index contributed by atoms with van der Waals surface area (Å²) in [6.45, 7) is 4.32. The molecule has 0 atom stereocenters. The number of aromatic amines is 1. The molecule has 5 nitrogen and oxygen atoms in total. The topological polar surface area (TPSA) is 71.5 Å². The Bertz CT molecular complexity index is 1320. The molecule has 4 rings (SSSR count). The van der Waals surface area contributed by atoms with E-state index in [1.165, 1.54) is 5.56 Å². The number of hydrogen-bond acceptors (Lipinski definition) is 3. The van der Waals surface area contributed by atoms with Crippen molar-refractivity contribution >= 4 is 40.1 Å². The van der Waals surface area contributed by atoms with E-state index in [9.17, 15) is 4.79 Å². The minimum atomic E-state index is -0.873. The number of hydrogen-bond donors (Lipinski definition) is 2. The molecule has 3 aromatic carbocycles. The number of aliphatic carboxylic acids is 1. The Labute approximate surface area is 208 Å². The third kappa shape index (κ3) is 5.01. The first kappa shape index (κ1) is 24.0. The number of nitrogens with one attached hydrogen (secondary N) is 1. The van der Waals surface area contributed by atoms with Crippen LogP contribution in [0.2, 0.25) is 10.0 Å². The molecule has 2 N–H and O–H groups in total. The second-order valence-corrected chi connectivity index (χ2v) is 9.20. The van der Waals surface area contributed by atoms with Crippen LogP contribution in [0, 0.1) is 0 Å². The maximum atomic E-state index is 10.9. The van der Waals surface area contributed by atoms with Crippen LogP contribution in [0.5, 0.6) is 17.2 Å².